The highest BCUT2D eigenvalue weighted by Gasteiger charge is 2.15. The molecule has 98 valence electrons. The number of methoxy groups -OCH3 is 2. The van der Waals surface area contributed by atoms with Gasteiger partial charge in [0.05, 0.1) is 14.2 Å². The fourth-order valence-corrected chi connectivity index (χ4v) is 2.59. The topological polar surface area (TPSA) is 30.5 Å². The van der Waals surface area contributed by atoms with Gasteiger partial charge in [-0.15, -0.1) is 0 Å². The first-order valence-electron chi connectivity index (χ1n) is 6.41. The molecule has 0 saturated heterocycles. The first-order chi connectivity index (χ1) is 9.33. The van der Waals surface area contributed by atoms with Crippen LogP contribution in [0.5, 0.6) is 11.5 Å². The third kappa shape index (κ3) is 2.01. The molecule has 3 heteroatoms. The van der Waals surface area contributed by atoms with E-state index in [1.807, 2.05) is 12.1 Å². The minimum absolute atomic E-state index is 0.763. The molecule has 1 heterocycles. The molecule has 0 spiro atoms. The number of para-hydroxylation sites is 1. The van der Waals surface area contributed by atoms with Crippen LogP contribution in [0, 0.1) is 0 Å². The van der Waals surface area contributed by atoms with Crippen molar-refractivity contribution >= 4 is 5.69 Å². The zero-order valence-corrected chi connectivity index (χ0v) is 11.2. The molecule has 0 saturated carbocycles. The van der Waals surface area contributed by atoms with E-state index in [2.05, 4.69) is 29.6 Å². The van der Waals surface area contributed by atoms with Crippen molar-refractivity contribution in [3.05, 3.63) is 42.0 Å². The van der Waals surface area contributed by atoms with Crippen molar-refractivity contribution in [2.45, 2.75) is 6.42 Å². The van der Waals surface area contributed by atoms with E-state index < -0.39 is 0 Å². The predicted octanol–water partition coefficient (Wildman–Crippen LogP) is 3.34. The Kier molecular flexibility index (Phi) is 3.03. The fourth-order valence-electron chi connectivity index (χ4n) is 2.59. The number of ether oxygens (including phenoxy) is 2. The van der Waals surface area contributed by atoms with E-state index >= 15 is 0 Å². The number of rotatable bonds is 3. The highest BCUT2D eigenvalue weighted by molar-refractivity contribution is 5.76. The van der Waals surface area contributed by atoms with Crippen molar-refractivity contribution in [3.63, 3.8) is 0 Å². The standard InChI is InChI=1S/C16H17NO2/c1-18-15-5-3-4-13(16(15)19-2)11-6-7-14-12(10-11)8-9-17-14/h3-7,10,17H,8-9H2,1-2H3. The molecule has 0 aromatic heterocycles. The average molecular weight is 255 g/mol. The average Bonchev–Trinajstić information content (AvgIpc) is 2.93. The summed E-state index contributed by atoms with van der Waals surface area (Å²) in [5.41, 5.74) is 4.84. The maximum Gasteiger partial charge on any atom is 0.168 e. The molecular weight excluding hydrogens is 238 g/mol. The molecule has 2 aromatic carbocycles. The summed E-state index contributed by atoms with van der Waals surface area (Å²) in [5.74, 6) is 1.55. The van der Waals surface area contributed by atoms with Crippen LogP contribution in [-0.2, 0) is 6.42 Å². The predicted molar refractivity (Wildman–Crippen MR) is 77.2 cm³/mol. The lowest BCUT2D eigenvalue weighted by Gasteiger charge is -2.13. The van der Waals surface area contributed by atoms with Crippen molar-refractivity contribution in [3.8, 4) is 22.6 Å². The second kappa shape index (κ2) is 4.84. The van der Waals surface area contributed by atoms with E-state index in [1.165, 1.54) is 16.8 Å². The molecule has 0 aliphatic carbocycles. The Balaban J connectivity index is 2.11. The molecule has 0 unspecified atom stereocenters. The Hall–Kier alpha value is -2.16. The molecule has 0 bridgehead atoms. The highest BCUT2D eigenvalue weighted by Crippen LogP contribution is 2.39. The van der Waals surface area contributed by atoms with Crippen molar-refractivity contribution in [2.75, 3.05) is 26.1 Å². The van der Waals surface area contributed by atoms with Crippen LogP contribution in [0.3, 0.4) is 0 Å². The van der Waals surface area contributed by atoms with Gasteiger partial charge in [-0.2, -0.15) is 0 Å². The zero-order valence-electron chi connectivity index (χ0n) is 11.2. The lowest BCUT2D eigenvalue weighted by atomic mass is 10.0. The summed E-state index contributed by atoms with van der Waals surface area (Å²) in [4.78, 5) is 0. The van der Waals surface area contributed by atoms with Gasteiger partial charge in [-0.1, -0.05) is 18.2 Å². The minimum atomic E-state index is 0.763. The van der Waals surface area contributed by atoms with Gasteiger partial charge in [-0.3, -0.25) is 0 Å². The van der Waals surface area contributed by atoms with Crippen LogP contribution in [0.1, 0.15) is 5.56 Å². The van der Waals surface area contributed by atoms with Crippen molar-refractivity contribution in [2.24, 2.45) is 0 Å². The summed E-state index contributed by atoms with van der Waals surface area (Å²) in [6.07, 6.45) is 1.08. The SMILES string of the molecule is COc1cccc(-c2ccc3c(c2)CCN3)c1OC. The normalized spacial score (nSPS) is 12.7. The molecule has 1 N–H and O–H groups in total. The second-order valence-corrected chi connectivity index (χ2v) is 4.59. The molecule has 19 heavy (non-hydrogen) atoms. The number of hydrogen-bond donors (Lipinski definition) is 1. The van der Waals surface area contributed by atoms with Gasteiger partial charge < -0.3 is 14.8 Å². The Morgan fingerprint density at radius 2 is 1.95 bits per heavy atom. The number of nitrogens with one attached hydrogen (secondary N) is 1. The van der Waals surface area contributed by atoms with Crippen LogP contribution in [0.25, 0.3) is 11.1 Å². The first kappa shape index (κ1) is 11.9. The lowest BCUT2D eigenvalue weighted by molar-refractivity contribution is 0.356. The summed E-state index contributed by atoms with van der Waals surface area (Å²) >= 11 is 0. The number of anilines is 1. The maximum absolute atomic E-state index is 5.50. The molecule has 0 atom stereocenters. The smallest absolute Gasteiger partial charge is 0.168 e. The van der Waals surface area contributed by atoms with Crippen molar-refractivity contribution < 1.29 is 9.47 Å². The third-order valence-corrected chi connectivity index (χ3v) is 3.53. The summed E-state index contributed by atoms with van der Waals surface area (Å²) < 4.78 is 10.9. The minimum Gasteiger partial charge on any atom is -0.493 e. The zero-order chi connectivity index (χ0) is 13.2. The molecule has 0 fully saturated rings. The molecule has 1 aliphatic heterocycles. The molecule has 3 nitrogen and oxygen atoms in total. The maximum atomic E-state index is 5.50. The van der Waals surface area contributed by atoms with Crippen LogP contribution in [0.15, 0.2) is 36.4 Å². The number of hydrogen-bond acceptors (Lipinski definition) is 3. The van der Waals surface area contributed by atoms with Crippen LogP contribution in [0.2, 0.25) is 0 Å². The second-order valence-electron chi connectivity index (χ2n) is 4.59. The molecule has 0 amide bonds. The van der Waals surface area contributed by atoms with E-state index in [9.17, 15) is 0 Å². The quantitative estimate of drug-likeness (QED) is 0.912. The van der Waals surface area contributed by atoms with Crippen LogP contribution >= 0.6 is 0 Å². The Bertz CT molecular complexity index is 608. The van der Waals surface area contributed by atoms with E-state index in [0.29, 0.717) is 0 Å². The van der Waals surface area contributed by atoms with Crippen molar-refractivity contribution in [1.82, 2.24) is 0 Å². The van der Waals surface area contributed by atoms with Crippen molar-refractivity contribution in [1.29, 1.82) is 0 Å². The van der Waals surface area contributed by atoms with Crippen LogP contribution in [0.4, 0.5) is 5.69 Å². The van der Waals surface area contributed by atoms with Gasteiger partial charge in [0.1, 0.15) is 0 Å². The van der Waals surface area contributed by atoms with E-state index in [4.69, 9.17) is 9.47 Å². The summed E-state index contributed by atoms with van der Waals surface area (Å²) in [5, 5.41) is 3.37. The molecular formula is C16H17NO2. The molecule has 2 aromatic rings. The van der Waals surface area contributed by atoms with E-state index in [-0.39, 0.29) is 0 Å². The number of fused-ring (bicyclic) bond motifs is 1. The molecule has 0 radical (unpaired) electrons. The molecule has 3 rings (SSSR count). The van der Waals surface area contributed by atoms with Crippen LogP contribution in [-0.4, -0.2) is 20.8 Å². The van der Waals surface area contributed by atoms with Gasteiger partial charge in [0.15, 0.2) is 11.5 Å². The number of benzene rings is 2. The fraction of sp³-hybridized carbons (Fsp3) is 0.250. The monoisotopic (exact) mass is 255 g/mol. The molecule has 1 aliphatic rings. The van der Waals surface area contributed by atoms with Gasteiger partial charge >= 0.3 is 0 Å². The van der Waals surface area contributed by atoms with E-state index in [0.717, 1.165) is 30.0 Å². The summed E-state index contributed by atoms with van der Waals surface area (Å²) in [6, 6.07) is 12.4. The Labute approximate surface area is 113 Å². The van der Waals surface area contributed by atoms with Gasteiger partial charge in [0.25, 0.3) is 0 Å². The van der Waals surface area contributed by atoms with Gasteiger partial charge in [0, 0.05) is 17.8 Å². The Morgan fingerprint density at radius 1 is 1.05 bits per heavy atom. The van der Waals surface area contributed by atoms with Gasteiger partial charge in [0.2, 0.25) is 0 Å². The van der Waals surface area contributed by atoms with Gasteiger partial charge in [-0.05, 0) is 35.7 Å². The first-order valence-corrected chi connectivity index (χ1v) is 6.41. The van der Waals surface area contributed by atoms with Gasteiger partial charge in [-0.25, -0.2) is 0 Å². The lowest BCUT2D eigenvalue weighted by Crippen LogP contribution is -1.93. The summed E-state index contributed by atoms with van der Waals surface area (Å²) in [6.45, 7) is 1.02. The van der Waals surface area contributed by atoms with Crippen LogP contribution < -0.4 is 14.8 Å². The largest absolute Gasteiger partial charge is 0.493 e. The van der Waals surface area contributed by atoms with E-state index in [1.54, 1.807) is 14.2 Å². The summed E-state index contributed by atoms with van der Waals surface area (Å²) in [7, 11) is 3.34. The third-order valence-electron chi connectivity index (χ3n) is 3.53. The highest BCUT2D eigenvalue weighted by atomic mass is 16.5. The Morgan fingerprint density at radius 3 is 2.74 bits per heavy atom.